The van der Waals surface area contributed by atoms with E-state index in [4.69, 9.17) is 0 Å². The summed E-state index contributed by atoms with van der Waals surface area (Å²) in [5.74, 6) is -1.06. The van der Waals surface area contributed by atoms with Gasteiger partial charge in [-0.2, -0.15) is 0 Å². The largest absolute Gasteiger partial charge is 0.392 e. The van der Waals surface area contributed by atoms with Gasteiger partial charge in [0, 0.05) is 23.6 Å². The molecule has 7 atom stereocenters. The van der Waals surface area contributed by atoms with Gasteiger partial charge in [-0.15, -0.1) is 0 Å². The van der Waals surface area contributed by atoms with E-state index in [1.54, 1.807) is 6.07 Å². The average Bonchev–Trinajstić information content (AvgIpc) is 2.69. The summed E-state index contributed by atoms with van der Waals surface area (Å²) in [5.41, 5.74) is 0.297. The van der Waals surface area contributed by atoms with Crippen molar-refractivity contribution in [2.45, 2.75) is 78.5 Å². The summed E-state index contributed by atoms with van der Waals surface area (Å²) in [5, 5.41) is 17.5. The molecule has 3 N–H and O–H groups in total. The summed E-state index contributed by atoms with van der Waals surface area (Å²) in [6, 6.07) is 5.67. The standard InChI is InChI=1S/C25H37FN2O3/c1-14(2)27-23(30)15(3)19-9-11-25(5)12-10-20(16(4)21(25)22(19)29)28-24(31)17-7-6-8-18(26)13-17/h6-8,13-16,19-22,29H,9-12H2,1-5H3,(H,27,30)(H,28,31)/t15-,16+,19-,20-,21+,22-,25-/m0/s1. The van der Waals surface area contributed by atoms with Crippen molar-refractivity contribution in [2.24, 2.45) is 29.1 Å². The zero-order chi connectivity index (χ0) is 22.9. The third-order valence-electron chi connectivity index (χ3n) is 7.78. The van der Waals surface area contributed by atoms with Crippen LogP contribution in [-0.4, -0.2) is 35.1 Å². The SMILES string of the molecule is CC(C)NC(=O)[C@@H](C)[C@@H]1CC[C@@]2(C)CC[C@H](NC(=O)c3cccc(F)c3)[C@@H](C)[C@@H]2[C@H]1O. The van der Waals surface area contributed by atoms with Crippen LogP contribution in [0, 0.1) is 34.9 Å². The fourth-order valence-corrected chi connectivity index (χ4v) is 5.99. The summed E-state index contributed by atoms with van der Waals surface area (Å²) in [4.78, 5) is 25.3. The predicted molar refractivity (Wildman–Crippen MR) is 119 cm³/mol. The molecule has 0 bridgehead atoms. The molecule has 3 rings (SSSR count). The number of hydrogen-bond donors (Lipinski definition) is 3. The first-order valence-corrected chi connectivity index (χ1v) is 11.6. The van der Waals surface area contributed by atoms with Crippen molar-refractivity contribution in [3.05, 3.63) is 35.6 Å². The van der Waals surface area contributed by atoms with Crippen LogP contribution in [0.1, 0.15) is 70.7 Å². The van der Waals surface area contributed by atoms with Gasteiger partial charge in [0.05, 0.1) is 6.10 Å². The molecule has 0 unspecified atom stereocenters. The molecule has 0 spiro atoms. The Labute approximate surface area is 185 Å². The van der Waals surface area contributed by atoms with Crippen LogP contribution in [0.2, 0.25) is 0 Å². The Morgan fingerprint density at radius 1 is 1.19 bits per heavy atom. The lowest BCUT2D eigenvalue weighted by Gasteiger charge is -2.56. The van der Waals surface area contributed by atoms with Crippen molar-refractivity contribution in [3.63, 3.8) is 0 Å². The molecule has 172 valence electrons. The fourth-order valence-electron chi connectivity index (χ4n) is 5.99. The van der Waals surface area contributed by atoms with Crippen LogP contribution in [-0.2, 0) is 4.79 Å². The second-order valence-electron chi connectivity index (χ2n) is 10.3. The van der Waals surface area contributed by atoms with Gasteiger partial charge in [0.2, 0.25) is 5.91 Å². The van der Waals surface area contributed by atoms with E-state index in [9.17, 15) is 19.1 Å². The van der Waals surface area contributed by atoms with E-state index in [0.717, 1.165) is 25.7 Å². The van der Waals surface area contributed by atoms with Gasteiger partial charge < -0.3 is 15.7 Å². The summed E-state index contributed by atoms with van der Waals surface area (Å²) < 4.78 is 13.5. The number of carbonyl (C=O) groups is 2. The van der Waals surface area contributed by atoms with E-state index in [2.05, 4.69) is 24.5 Å². The molecule has 0 heterocycles. The summed E-state index contributed by atoms with van der Waals surface area (Å²) in [6.45, 7) is 10.1. The molecule has 0 saturated heterocycles. The Kier molecular flexibility index (Phi) is 7.09. The summed E-state index contributed by atoms with van der Waals surface area (Å²) in [7, 11) is 0. The van der Waals surface area contributed by atoms with E-state index >= 15 is 0 Å². The van der Waals surface area contributed by atoms with E-state index in [0.29, 0.717) is 5.56 Å². The zero-order valence-corrected chi connectivity index (χ0v) is 19.3. The Bertz CT molecular complexity index is 814. The van der Waals surface area contributed by atoms with Crippen molar-refractivity contribution < 1.29 is 19.1 Å². The number of rotatable bonds is 5. The predicted octanol–water partition coefficient (Wildman–Crippen LogP) is 3.91. The number of aliphatic hydroxyl groups is 1. The number of nitrogens with one attached hydrogen (secondary N) is 2. The lowest BCUT2D eigenvalue weighted by molar-refractivity contribution is -0.142. The van der Waals surface area contributed by atoms with Crippen LogP contribution < -0.4 is 10.6 Å². The van der Waals surface area contributed by atoms with Crippen molar-refractivity contribution in [1.29, 1.82) is 0 Å². The first-order valence-electron chi connectivity index (χ1n) is 11.6. The lowest BCUT2D eigenvalue weighted by atomic mass is 9.51. The highest BCUT2D eigenvalue weighted by Gasteiger charge is 2.53. The average molecular weight is 433 g/mol. The van der Waals surface area contributed by atoms with E-state index in [-0.39, 0.29) is 53.0 Å². The second kappa shape index (κ2) is 9.27. The van der Waals surface area contributed by atoms with Gasteiger partial charge in [-0.25, -0.2) is 4.39 Å². The molecule has 5 nitrogen and oxygen atoms in total. The number of amides is 2. The maximum absolute atomic E-state index is 13.5. The summed E-state index contributed by atoms with van der Waals surface area (Å²) in [6.07, 6.45) is 2.93. The molecule has 0 radical (unpaired) electrons. The molecule has 2 aliphatic rings. The van der Waals surface area contributed by atoms with Gasteiger partial charge in [0.15, 0.2) is 0 Å². The monoisotopic (exact) mass is 432 g/mol. The molecule has 2 saturated carbocycles. The van der Waals surface area contributed by atoms with Gasteiger partial charge >= 0.3 is 0 Å². The number of benzene rings is 1. The van der Waals surface area contributed by atoms with Crippen LogP contribution >= 0.6 is 0 Å². The van der Waals surface area contributed by atoms with Gasteiger partial charge in [-0.1, -0.05) is 26.8 Å². The lowest BCUT2D eigenvalue weighted by Crippen LogP contribution is -2.58. The number of carbonyl (C=O) groups excluding carboxylic acids is 2. The number of fused-ring (bicyclic) bond motifs is 1. The van der Waals surface area contributed by atoms with Crippen LogP contribution in [0.25, 0.3) is 0 Å². The molecule has 6 heteroatoms. The zero-order valence-electron chi connectivity index (χ0n) is 19.3. The van der Waals surface area contributed by atoms with Gasteiger partial charge in [0.1, 0.15) is 5.82 Å². The second-order valence-corrected chi connectivity index (χ2v) is 10.3. The van der Waals surface area contributed by atoms with Crippen molar-refractivity contribution in [3.8, 4) is 0 Å². The van der Waals surface area contributed by atoms with Crippen LogP contribution in [0.5, 0.6) is 0 Å². The normalized spacial score (nSPS) is 34.0. The minimum Gasteiger partial charge on any atom is -0.392 e. The first-order chi connectivity index (χ1) is 14.5. The van der Waals surface area contributed by atoms with E-state index < -0.39 is 11.9 Å². The van der Waals surface area contributed by atoms with Crippen molar-refractivity contribution in [2.75, 3.05) is 0 Å². The third kappa shape index (κ3) is 4.94. The highest BCUT2D eigenvalue weighted by atomic mass is 19.1. The maximum Gasteiger partial charge on any atom is 0.251 e. The molecule has 0 aromatic heterocycles. The van der Waals surface area contributed by atoms with Gasteiger partial charge in [0.25, 0.3) is 5.91 Å². The quantitative estimate of drug-likeness (QED) is 0.660. The number of hydrogen-bond acceptors (Lipinski definition) is 3. The molecular formula is C25H37FN2O3. The highest BCUT2D eigenvalue weighted by molar-refractivity contribution is 5.94. The fraction of sp³-hybridized carbons (Fsp3) is 0.680. The maximum atomic E-state index is 13.5. The molecule has 31 heavy (non-hydrogen) atoms. The smallest absolute Gasteiger partial charge is 0.251 e. The molecule has 2 amide bonds. The third-order valence-corrected chi connectivity index (χ3v) is 7.78. The first kappa shape index (κ1) is 23.7. The van der Waals surface area contributed by atoms with Crippen molar-refractivity contribution in [1.82, 2.24) is 10.6 Å². The number of halogens is 1. The van der Waals surface area contributed by atoms with Crippen molar-refractivity contribution >= 4 is 11.8 Å². The molecule has 1 aromatic carbocycles. The van der Waals surface area contributed by atoms with Crippen LogP contribution in [0.4, 0.5) is 4.39 Å². The Balaban J connectivity index is 1.74. The molecule has 1 aromatic rings. The Morgan fingerprint density at radius 3 is 2.52 bits per heavy atom. The molecule has 2 aliphatic carbocycles. The molecule has 2 fully saturated rings. The van der Waals surface area contributed by atoms with Gasteiger partial charge in [-0.3, -0.25) is 9.59 Å². The Morgan fingerprint density at radius 2 is 1.87 bits per heavy atom. The van der Waals surface area contributed by atoms with E-state index in [1.165, 1.54) is 18.2 Å². The minimum absolute atomic E-state index is 0.00731. The number of aliphatic hydroxyl groups excluding tert-OH is 1. The molecule has 0 aliphatic heterocycles. The van der Waals surface area contributed by atoms with Crippen LogP contribution in [0.3, 0.4) is 0 Å². The van der Waals surface area contributed by atoms with Gasteiger partial charge in [-0.05, 0) is 80.9 Å². The molecular weight excluding hydrogens is 395 g/mol. The van der Waals surface area contributed by atoms with E-state index in [1.807, 2.05) is 20.8 Å². The van der Waals surface area contributed by atoms with Crippen LogP contribution in [0.15, 0.2) is 24.3 Å². The topological polar surface area (TPSA) is 78.4 Å². The highest BCUT2D eigenvalue weighted by Crippen LogP contribution is 2.55. The summed E-state index contributed by atoms with van der Waals surface area (Å²) >= 11 is 0. The minimum atomic E-state index is -0.601. The Hall–Kier alpha value is -1.95.